The summed E-state index contributed by atoms with van der Waals surface area (Å²) in [6, 6.07) is 4.83. The van der Waals surface area contributed by atoms with Crippen LogP contribution in [0.1, 0.15) is 26.3 Å². The molecule has 0 unspecified atom stereocenters. The van der Waals surface area contributed by atoms with E-state index in [1.807, 2.05) is 20.8 Å². The van der Waals surface area contributed by atoms with Gasteiger partial charge in [0.2, 0.25) is 0 Å². The fraction of sp³-hybridized carbons (Fsp3) is 0.600. The number of hydrogen-bond donors (Lipinski definition) is 0. The quantitative estimate of drug-likeness (QED) is 0.484. The van der Waals surface area contributed by atoms with Gasteiger partial charge in [-0.3, -0.25) is 4.18 Å². The highest BCUT2D eigenvalue weighted by atomic mass is 32.2. The van der Waals surface area contributed by atoms with Gasteiger partial charge < -0.3 is 14.2 Å². The Morgan fingerprint density at radius 3 is 2.23 bits per heavy atom. The van der Waals surface area contributed by atoms with Crippen molar-refractivity contribution in [3.63, 3.8) is 0 Å². The van der Waals surface area contributed by atoms with Gasteiger partial charge >= 0.3 is 10.1 Å². The predicted molar refractivity (Wildman–Crippen MR) is 82.5 cm³/mol. The zero-order valence-corrected chi connectivity index (χ0v) is 14.3. The fourth-order valence-corrected chi connectivity index (χ4v) is 2.86. The van der Waals surface area contributed by atoms with Crippen molar-refractivity contribution in [1.29, 1.82) is 0 Å². The Balaban J connectivity index is 2.95. The van der Waals surface area contributed by atoms with E-state index in [0.29, 0.717) is 13.2 Å². The van der Waals surface area contributed by atoms with Crippen LogP contribution in [-0.4, -0.2) is 41.1 Å². The third-order valence-corrected chi connectivity index (χ3v) is 4.14. The first-order chi connectivity index (χ1) is 10.4. The van der Waals surface area contributed by atoms with Gasteiger partial charge in [0.15, 0.2) is 6.29 Å². The van der Waals surface area contributed by atoms with Gasteiger partial charge in [-0.05, 0) is 45.4 Å². The van der Waals surface area contributed by atoms with Crippen LogP contribution in [0.5, 0.6) is 5.75 Å². The lowest BCUT2D eigenvalue weighted by Crippen LogP contribution is -2.25. The van der Waals surface area contributed by atoms with Crippen molar-refractivity contribution in [3.8, 4) is 5.75 Å². The van der Waals surface area contributed by atoms with Crippen LogP contribution in [0.25, 0.3) is 0 Å². The van der Waals surface area contributed by atoms with Crippen LogP contribution in [0, 0.1) is 6.92 Å². The average molecular weight is 332 g/mol. The normalized spacial score (nSPS) is 11.9. The Kier molecular flexibility index (Phi) is 7.81. The van der Waals surface area contributed by atoms with Gasteiger partial charge in [-0.1, -0.05) is 6.07 Å². The van der Waals surface area contributed by atoms with Crippen LogP contribution in [-0.2, 0) is 23.8 Å². The predicted octanol–water partition coefficient (Wildman–Crippen LogP) is 2.50. The first-order valence-electron chi connectivity index (χ1n) is 7.30. The minimum Gasteiger partial charge on any atom is -0.487 e. The Labute approximate surface area is 132 Å². The third-order valence-electron chi connectivity index (χ3n) is 2.72. The molecule has 0 N–H and O–H groups in total. The summed E-state index contributed by atoms with van der Waals surface area (Å²) in [6.45, 7) is 8.29. The maximum Gasteiger partial charge on any atom is 0.300 e. The molecule has 1 rings (SSSR count). The van der Waals surface area contributed by atoms with E-state index < -0.39 is 16.4 Å². The second-order valence-corrected chi connectivity index (χ2v) is 6.05. The van der Waals surface area contributed by atoms with Gasteiger partial charge in [0, 0.05) is 13.2 Å². The second-order valence-electron chi connectivity index (χ2n) is 4.46. The zero-order chi connectivity index (χ0) is 16.6. The van der Waals surface area contributed by atoms with Crippen molar-refractivity contribution < 1.29 is 26.8 Å². The van der Waals surface area contributed by atoms with Gasteiger partial charge in [0.1, 0.15) is 17.3 Å². The molecule has 6 nitrogen and oxygen atoms in total. The maximum absolute atomic E-state index is 12.1. The molecule has 126 valence electrons. The lowest BCUT2D eigenvalue weighted by atomic mass is 10.2. The molecule has 0 saturated heterocycles. The van der Waals surface area contributed by atoms with Crippen LogP contribution >= 0.6 is 0 Å². The highest BCUT2D eigenvalue weighted by Gasteiger charge is 2.21. The molecule has 7 heteroatoms. The Morgan fingerprint density at radius 1 is 1.05 bits per heavy atom. The summed E-state index contributed by atoms with van der Waals surface area (Å²) in [7, 11) is -3.84. The first kappa shape index (κ1) is 18.9. The molecule has 1 aromatic carbocycles. The van der Waals surface area contributed by atoms with E-state index in [1.165, 1.54) is 6.07 Å². The molecule has 0 aromatic heterocycles. The molecule has 0 radical (unpaired) electrons. The molecule has 22 heavy (non-hydrogen) atoms. The summed E-state index contributed by atoms with van der Waals surface area (Å²) in [4.78, 5) is 0.00620. The molecular formula is C15H24O6S. The van der Waals surface area contributed by atoms with Crippen molar-refractivity contribution in [1.82, 2.24) is 0 Å². The largest absolute Gasteiger partial charge is 0.487 e. The highest BCUT2D eigenvalue weighted by Crippen LogP contribution is 2.27. The van der Waals surface area contributed by atoms with E-state index in [2.05, 4.69) is 0 Å². The third kappa shape index (κ3) is 5.57. The number of rotatable bonds is 10. The lowest BCUT2D eigenvalue weighted by molar-refractivity contribution is -0.152. The molecule has 0 amide bonds. The first-order valence-corrected chi connectivity index (χ1v) is 8.71. The molecule has 0 bridgehead atoms. The van der Waals surface area contributed by atoms with E-state index in [0.717, 1.165) is 5.56 Å². The Hall–Kier alpha value is -1.15. The van der Waals surface area contributed by atoms with Crippen molar-refractivity contribution in [2.45, 2.75) is 38.9 Å². The topological polar surface area (TPSA) is 71.1 Å². The van der Waals surface area contributed by atoms with Crippen LogP contribution in [0.3, 0.4) is 0 Å². The molecule has 0 spiro atoms. The molecule has 0 aliphatic carbocycles. The minimum atomic E-state index is -3.84. The number of benzene rings is 1. The molecule has 1 aromatic rings. The van der Waals surface area contributed by atoms with Crippen LogP contribution in [0.15, 0.2) is 23.1 Å². The van der Waals surface area contributed by atoms with Gasteiger partial charge in [0.05, 0.1) is 6.61 Å². The van der Waals surface area contributed by atoms with Crippen molar-refractivity contribution in [2.24, 2.45) is 0 Å². The molecule has 0 fully saturated rings. The summed E-state index contributed by atoms with van der Waals surface area (Å²) in [6.07, 6.45) is -0.543. The summed E-state index contributed by atoms with van der Waals surface area (Å²) in [5.74, 6) is 0.234. The lowest BCUT2D eigenvalue weighted by Gasteiger charge is -2.19. The average Bonchev–Trinajstić information content (AvgIpc) is 2.45. The number of hydrogen-bond acceptors (Lipinski definition) is 6. The van der Waals surface area contributed by atoms with Gasteiger partial charge in [-0.25, -0.2) is 0 Å². The van der Waals surface area contributed by atoms with E-state index in [4.69, 9.17) is 18.4 Å². The minimum absolute atomic E-state index is 0.00620. The number of ether oxygens (including phenoxy) is 3. The Morgan fingerprint density at radius 2 is 1.68 bits per heavy atom. The summed E-state index contributed by atoms with van der Waals surface area (Å²) in [5, 5.41) is 0. The number of aryl methyl sites for hydroxylation is 1. The van der Waals surface area contributed by atoms with E-state index in [1.54, 1.807) is 19.1 Å². The standard InChI is InChI=1S/C15H24O6S/c1-5-18-15(19-6-2)11-20-13-10-12(4)8-9-14(13)22(16,17)21-7-3/h8-10,15H,5-7,11H2,1-4H3. The van der Waals surface area contributed by atoms with E-state index in [-0.39, 0.29) is 23.9 Å². The second kappa shape index (κ2) is 9.09. The van der Waals surface area contributed by atoms with Crippen molar-refractivity contribution in [3.05, 3.63) is 23.8 Å². The Bertz CT molecular complexity index is 549. The molecule has 0 atom stereocenters. The summed E-state index contributed by atoms with van der Waals surface area (Å²) in [5.41, 5.74) is 0.884. The monoisotopic (exact) mass is 332 g/mol. The van der Waals surface area contributed by atoms with Crippen molar-refractivity contribution >= 4 is 10.1 Å². The van der Waals surface area contributed by atoms with E-state index >= 15 is 0 Å². The molecule has 0 saturated carbocycles. The van der Waals surface area contributed by atoms with Crippen LogP contribution in [0.2, 0.25) is 0 Å². The van der Waals surface area contributed by atoms with Gasteiger partial charge in [-0.15, -0.1) is 0 Å². The summed E-state index contributed by atoms with van der Waals surface area (Å²) >= 11 is 0. The molecule has 0 aliphatic heterocycles. The van der Waals surface area contributed by atoms with Crippen LogP contribution in [0.4, 0.5) is 0 Å². The zero-order valence-electron chi connectivity index (χ0n) is 13.5. The fourth-order valence-electron chi connectivity index (χ4n) is 1.83. The van der Waals surface area contributed by atoms with Gasteiger partial charge in [-0.2, -0.15) is 8.42 Å². The highest BCUT2D eigenvalue weighted by molar-refractivity contribution is 7.86. The molecule has 0 aliphatic rings. The smallest absolute Gasteiger partial charge is 0.300 e. The molecular weight excluding hydrogens is 308 g/mol. The maximum atomic E-state index is 12.1. The molecule has 0 heterocycles. The van der Waals surface area contributed by atoms with Gasteiger partial charge in [0.25, 0.3) is 0 Å². The SMILES string of the molecule is CCOC(COc1cc(C)ccc1S(=O)(=O)OCC)OCC. The van der Waals surface area contributed by atoms with Crippen molar-refractivity contribution in [2.75, 3.05) is 26.4 Å². The summed E-state index contributed by atoms with van der Waals surface area (Å²) < 4.78 is 45.4. The van der Waals surface area contributed by atoms with E-state index in [9.17, 15) is 8.42 Å². The van der Waals surface area contributed by atoms with Crippen LogP contribution < -0.4 is 4.74 Å².